The van der Waals surface area contributed by atoms with Gasteiger partial charge < -0.3 is 14.6 Å². The molecular weight excluding hydrogens is 409 g/mol. The molecule has 0 spiro atoms. The molecule has 162 valence electrons. The molecule has 0 saturated carbocycles. The van der Waals surface area contributed by atoms with Crippen molar-refractivity contribution in [2.45, 2.75) is 20.8 Å². The van der Waals surface area contributed by atoms with Gasteiger partial charge in [0, 0.05) is 17.1 Å². The number of aromatic nitrogens is 1. The molecule has 1 heterocycles. The Hall–Kier alpha value is -4.18. The summed E-state index contributed by atoms with van der Waals surface area (Å²) in [6.07, 6.45) is 1.48. The zero-order valence-electron chi connectivity index (χ0n) is 18.2. The first-order valence-corrected chi connectivity index (χ1v) is 9.82. The lowest BCUT2D eigenvalue weighted by Gasteiger charge is -2.14. The molecule has 0 aliphatic rings. The second-order valence-corrected chi connectivity index (χ2v) is 7.26. The maximum absolute atomic E-state index is 13.8. The average Bonchev–Trinajstić information content (AvgIpc) is 3.05. The molecule has 0 fully saturated rings. The predicted octanol–water partition coefficient (Wildman–Crippen LogP) is 4.87. The second-order valence-electron chi connectivity index (χ2n) is 7.26. The van der Waals surface area contributed by atoms with Crippen LogP contribution in [0.2, 0.25) is 0 Å². The van der Waals surface area contributed by atoms with Crippen molar-refractivity contribution in [3.63, 3.8) is 0 Å². The third kappa shape index (κ3) is 4.44. The van der Waals surface area contributed by atoms with Crippen molar-refractivity contribution in [2.24, 2.45) is 0 Å². The molecule has 7 heteroatoms. The lowest BCUT2D eigenvalue weighted by molar-refractivity contribution is -0.112. The van der Waals surface area contributed by atoms with Crippen molar-refractivity contribution < 1.29 is 18.7 Å². The van der Waals surface area contributed by atoms with Crippen molar-refractivity contribution in [1.82, 2.24) is 4.57 Å². The van der Waals surface area contributed by atoms with Crippen LogP contribution in [0.25, 0.3) is 11.8 Å². The Bertz CT molecular complexity index is 1280. The molecule has 1 N–H and O–H groups in total. The van der Waals surface area contributed by atoms with E-state index < -0.39 is 17.7 Å². The van der Waals surface area contributed by atoms with E-state index in [-0.39, 0.29) is 11.3 Å². The average molecular weight is 431 g/mol. The number of para-hydroxylation sites is 1. The highest BCUT2D eigenvalue weighted by Gasteiger charge is 2.16. The number of rotatable bonds is 5. The molecule has 1 amide bonds. The van der Waals surface area contributed by atoms with E-state index in [1.807, 2.05) is 43.5 Å². The van der Waals surface area contributed by atoms with E-state index in [9.17, 15) is 19.2 Å². The molecule has 0 saturated heterocycles. The number of hydrogen-bond acceptors (Lipinski definition) is 4. The quantitative estimate of drug-likeness (QED) is 0.355. The number of carbonyl (C=O) groups is 2. The molecule has 0 radical (unpaired) electrons. The van der Waals surface area contributed by atoms with Crippen LogP contribution < -0.4 is 5.32 Å². The van der Waals surface area contributed by atoms with Crippen molar-refractivity contribution in [2.75, 3.05) is 12.4 Å². The van der Waals surface area contributed by atoms with Gasteiger partial charge in [-0.2, -0.15) is 5.26 Å². The fourth-order valence-corrected chi connectivity index (χ4v) is 3.51. The van der Waals surface area contributed by atoms with E-state index in [0.29, 0.717) is 11.1 Å². The maximum Gasteiger partial charge on any atom is 0.337 e. The minimum atomic E-state index is -0.694. The van der Waals surface area contributed by atoms with Gasteiger partial charge >= 0.3 is 5.97 Å². The first-order chi connectivity index (χ1) is 15.3. The fourth-order valence-electron chi connectivity index (χ4n) is 3.51. The number of hydrogen-bond donors (Lipinski definition) is 1. The Labute approximate surface area is 185 Å². The summed E-state index contributed by atoms with van der Waals surface area (Å²) in [5.41, 5.74) is 4.41. The SMILES string of the molecule is COC(=O)c1ccc(-n2c(C)cc(/C=C(/C#N)C(=O)Nc3ccccc3F)c2C)c(C)c1. The van der Waals surface area contributed by atoms with E-state index in [1.165, 1.54) is 31.4 Å². The van der Waals surface area contributed by atoms with Crippen molar-refractivity contribution >= 4 is 23.6 Å². The molecule has 0 bridgehead atoms. The lowest BCUT2D eigenvalue weighted by Crippen LogP contribution is -2.14. The maximum atomic E-state index is 13.8. The summed E-state index contributed by atoms with van der Waals surface area (Å²) >= 11 is 0. The first-order valence-electron chi connectivity index (χ1n) is 9.82. The Kier molecular flexibility index (Phi) is 6.55. The molecule has 6 nitrogen and oxygen atoms in total. The highest BCUT2D eigenvalue weighted by atomic mass is 19.1. The summed E-state index contributed by atoms with van der Waals surface area (Å²) in [7, 11) is 1.33. The van der Waals surface area contributed by atoms with Crippen molar-refractivity contribution in [3.05, 3.63) is 88.0 Å². The molecule has 3 rings (SSSR count). The number of methoxy groups -OCH3 is 1. The van der Waals surface area contributed by atoms with Gasteiger partial charge in [0.25, 0.3) is 5.91 Å². The fraction of sp³-hybridized carbons (Fsp3) is 0.160. The summed E-state index contributed by atoms with van der Waals surface area (Å²) in [6.45, 7) is 5.67. The second kappa shape index (κ2) is 9.31. The molecule has 3 aromatic rings. The number of halogens is 1. The van der Waals surface area contributed by atoms with Crippen LogP contribution in [0.5, 0.6) is 0 Å². The molecule has 2 aromatic carbocycles. The van der Waals surface area contributed by atoms with Crippen LogP contribution in [-0.4, -0.2) is 23.6 Å². The monoisotopic (exact) mass is 431 g/mol. The van der Waals surface area contributed by atoms with Crippen molar-refractivity contribution in [3.8, 4) is 11.8 Å². The van der Waals surface area contributed by atoms with Gasteiger partial charge in [0.2, 0.25) is 0 Å². The zero-order valence-corrected chi connectivity index (χ0v) is 18.2. The van der Waals surface area contributed by atoms with Crippen LogP contribution in [-0.2, 0) is 9.53 Å². The topological polar surface area (TPSA) is 84.1 Å². The van der Waals surface area contributed by atoms with Crippen LogP contribution in [0.15, 0.2) is 54.1 Å². The molecule has 32 heavy (non-hydrogen) atoms. The normalized spacial score (nSPS) is 11.1. The van der Waals surface area contributed by atoms with Gasteiger partial charge in [0.15, 0.2) is 0 Å². The third-order valence-corrected chi connectivity index (χ3v) is 5.12. The number of esters is 1. The third-order valence-electron chi connectivity index (χ3n) is 5.12. The standard InChI is InChI=1S/C25H22FN3O3/c1-15-11-18(25(31)32-4)9-10-23(15)29-16(2)12-19(17(29)3)13-20(14-27)24(30)28-22-8-6-5-7-21(22)26/h5-13H,1-4H3,(H,28,30)/b20-13-. The zero-order chi connectivity index (χ0) is 23.4. The largest absolute Gasteiger partial charge is 0.465 e. The lowest BCUT2D eigenvalue weighted by atomic mass is 10.1. The Morgan fingerprint density at radius 1 is 1.12 bits per heavy atom. The number of nitrogens with zero attached hydrogens (tertiary/aromatic N) is 2. The Balaban J connectivity index is 1.97. The van der Waals surface area contributed by atoms with Gasteiger partial charge in [0.05, 0.1) is 18.4 Å². The number of nitriles is 1. The molecule has 0 unspecified atom stereocenters. The van der Waals surface area contributed by atoms with E-state index in [2.05, 4.69) is 5.32 Å². The smallest absolute Gasteiger partial charge is 0.337 e. The Morgan fingerprint density at radius 2 is 1.84 bits per heavy atom. The first kappa shape index (κ1) is 22.5. The highest BCUT2D eigenvalue weighted by molar-refractivity contribution is 6.09. The van der Waals surface area contributed by atoms with Gasteiger partial charge in [-0.1, -0.05) is 12.1 Å². The number of carbonyl (C=O) groups excluding carboxylic acids is 2. The van der Waals surface area contributed by atoms with Crippen LogP contribution >= 0.6 is 0 Å². The summed E-state index contributed by atoms with van der Waals surface area (Å²) in [4.78, 5) is 24.3. The molecule has 0 aliphatic heterocycles. The minimum Gasteiger partial charge on any atom is -0.465 e. The molecular formula is C25H22FN3O3. The summed E-state index contributed by atoms with van der Waals surface area (Å²) in [6, 6.07) is 14.8. The Morgan fingerprint density at radius 3 is 2.47 bits per heavy atom. The number of anilines is 1. The predicted molar refractivity (Wildman–Crippen MR) is 120 cm³/mol. The van der Waals surface area contributed by atoms with Gasteiger partial charge in [-0.25, -0.2) is 9.18 Å². The van der Waals surface area contributed by atoms with E-state index in [1.54, 1.807) is 18.2 Å². The van der Waals surface area contributed by atoms with E-state index in [4.69, 9.17) is 4.74 Å². The van der Waals surface area contributed by atoms with Crippen LogP contribution in [0, 0.1) is 37.9 Å². The van der Waals surface area contributed by atoms with Crippen LogP contribution in [0.1, 0.15) is 32.9 Å². The summed E-state index contributed by atoms with van der Waals surface area (Å²) in [5, 5.41) is 11.9. The number of aryl methyl sites for hydroxylation is 2. The number of amides is 1. The molecule has 0 atom stereocenters. The van der Waals surface area contributed by atoms with Crippen molar-refractivity contribution in [1.29, 1.82) is 5.26 Å². The summed E-state index contributed by atoms with van der Waals surface area (Å²) < 4.78 is 20.6. The molecule has 0 aliphatic carbocycles. The number of ether oxygens (including phenoxy) is 1. The minimum absolute atomic E-state index is 0.00504. The van der Waals surface area contributed by atoms with Gasteiger partial charge in [-0.05, 0) is 74.4 Å². The summed E-state index contributed by atoms with van der Waals surface area (Å²) in [5.74, 6) is -1.69. The van der Waals surface area contributed by atoms with Gasteiger partial charge in [-0.15, -0.1) is 0 Å². The van der Waals surface area contributed by atoms with Crippen LogP contribution in [0.4, 0.5) is 10.1 Å². The van der Waals surface area contributed by atoms with Crippen LogP contribution in [0.3, 0.4) is 0 Å². The van der Waals surface area contributed by atoms with Gasteiger partial charge in [-0.3, -0.25) is 4.79 Å². The van der Waals surface area contributed by atoms with E-state index in [0.717, 1.165) is 22.6 Å². The highest BCUT2D eigenvalue weighted by Crippen LogP contribution is 2.26. The number of nitrogens with one attached hydrogen (secondary N) is 1. The molecule has 1 aromatic heterocycles. The van der Waals surface area contributed by atoms with E-state index >= 15 is 0 Å². The van der Waals surface area contributed by atoms with Gasteiger partial charge in [0.1, 0.15) is 17.5 Å². The number of benzene rings is 2.